The maximum atomic E-state index is 13.8. The molecule has 1 heterocycles. The van der Waals surface area contributed by atoms with Gasteiger partial charge in [-0.1, -0.05) is 36.4 Å². The molecule has 0 unspecified atom stereocenters. The van der Waals surface area contributed by atoms with Crippen LogP contribution in [0.1, 0.15) is 36.8 Å². The number of nitrogens with two attached hydrogens (primary N) is 3. The van der Waals surface area contributed by atoms with Gasteiger partial charge in [-0.2, -0.15) is 13.2 Å². The Labute approximate surface area is 289 Å². The van der Waals surface area contributed by atoms with Gasteiger partial charge < -0.3 is 47.8 Å². The van der Waals surface area contributed by atoms with Crippen molar-refractivity contribution in [3.63, 3.8) is 0 Å². The van der Waals surface area contributed by atoms with Crippen molar-refractivity contribution in [3.8, 4) is 0 Å². The van der Waals surface area contributed by atoms with Gasteiger partial charge in [0.1, 0.15) is 12.1 Å². The first kappa shape index (κ1) is 40.2. The van der Waals surface area contributed by atoms with E-state index in [1.807, 2.05) is 25.2 Å². The molecule has 2 aromatic carbocycles. The molecular weight excluding hydrogens is 657 g/mol. The van der Waals surface area contributed by atoms with E-state index < -0.39 is 60.3 Å². The van der Waals surface area contributed by atoms with E-state index in [4.69, 9.17) is 17.2 Å². The van der Waals surface area contributed by atoms with E-state index in [-0.39, 0.29) is 19.3 Å². The number of halogens is 3. The average Bonchev–Trinajstić information content (AvgIpc) is 3.05. The number of hydrogen-bond acceptors (Lipinski definition) is 9. The predicted octanol–water partition coefficient (Wildman–Crippen LogP) is 0.967. The van der Waals surface area contributed by atoms with Crippen LogP contribution in [0.4, 0.5) is 18.9 Å². The number of para-hydroxylation sites is 1. The minimum Gasteiger partial charge on any atom is -0.368 e. The van der Waals surface area contributed by atoms with Crippen LogP contribution in [0.25, 0.3) is 10.9 Å². The number of hydrogen-bond donors (Lipinski definition) is 8. The maximum absolute atomic E-state index is 13.8. The Balaban J connectivity index is 1.86. The molecule has 0 aliphatic heterocycles. The number of nitrogens with one attached hydrogen (secondary N) is 3. The molecule has 50 heavy (non-hydrogen) atoms. The van der Waals surface area contributed by atoms with Gasteiger partial charge in [-0.05, 0) is 49.4 Å². The van der Waals surface area contributed by atoms with Crippen LogP contribution < -0.4 is 33.2 Å². The van der Waals surface area contributed by atoms with E-state index >= 15 is 0 Å². The van der Waals surface area contributed by atoms with Crippen molar-refractivity contribution in [3.05, 3.63) is 71.9 Å². The molecule has 16 heteroatoms. The molecule has 0 fully saturated rings. The molecule has 13 nitrogen and oxygen atoms in total. The molecule has 1 aromatic heterocycles. The van der Waals surface area contributed by atoms with Crippen molar-refractivity contribution in [1.82, 2.24) is 15.6 Å². The Kier molecular flexibility index (Phi) is 15.1. The van der Waals surface area contributed by atoms with Gasteiger partial charge >= 0.3 is 6.18 Å². The van der Waals surface area contributed by atoms with Crippen LogP contribution in [0.3, 0.4) is 0 Å². The van der Waals surface area contributed by atoms with E-state index in [0.717, 1.165) is 17.5 Å². The summed E-state index contributed by atoms with van der Waals surface area (Å²) >= 11 is 0. The van der Waals surface area contributed by atoms with Crippen molar-refractivity contribution < 1.29 is 42.3 Å². The van der Waals surface area contributed by atoms with Gasteiger partial charge in [-0.15, -0.1) is 0 Å². The number of aliphatic hydroxyl groups excluding tert-OH is 1. The number of aromatic nitrogens is 1. The fraction of sp³-hybridized carbons (Fsp3) is 0.471. The van der Waals surface area contributed by atoms with Crippen molar-refractivity contribution in [2.24, 2.45) is 17.2 Å². The summed E-state index contributed by atoms with van der Waals surface area (Å²) in [4.78, 5) is 44.7. The number of pyridine rings is 1. The second kappa shape index (κ2) is 18.7. The van der Waals surface area contributed by atoms with Crippen molar-refractivity contribution >= 4 is 34.3 Å². The third-order valence-corrected chi connectivity index (χ3v) is 8.43. The van der Waals surface area contributed by atoms with Crippen LogP contribution in [0.5, 0.6) is 0 Å². The molecule has 3 atom stereocenters. The molecule has 0 saturated carbocycles. The highest BCUT2D eigenvalue weighted by molar-refractivity contribution is 5.99. The quantitative estimate of drug-likeness (QED) is 0.0657. The number of alkyl halides is 3. The number of amides is 3. The second-order valence-corrected chi connectivity index (χ2v) is 12.6. The highest BCUT2D eigenvalue weighted by atomic mass is 19.4. The van der Waals surface area contributed by atoms with Crippen molar-refractivity contribution in [2.45, 2.75) is 62.7 Å². The fourth-order valence-electron chi connectivity index (χ4n) is 5.64. The van der Waals surface area contributed by atoms with E-state index in [0.29, 0.717) is 60.4 Å². The summed E-state index contributed by atoms with van der Waals surface area (Å²) in [5, 5.41) is 27.3. The van der Waals surface area contributed by atoms with Crippen molar-refractivity contribution in [1.29, 1.82) is 0 Å². The van der Waals surface area contributed by atoms with E-state index in [1.165, 1.54) is 18.3 Å². The van der Waals surface area contributed by atoms with Crippen LogP contribution in [0.15, 0.2) is 60.8 Å². The zero-order chi connectivity index (χ0) is 36.9. The number of fused-ring (bicyclic) bond motifs is 1. The standard InChI is InChI=1S/C34H47F3N8O5/c1-45(16-13-38,17-14-39)15-5-10-28(43-31(48)26(40)20-30(46)47)33(50)44-29(12-11-22-6-4-8-24(18-22)34(35,36)37)32(49)42-25-19-23-7-2-3-9-27(23)41-21-25/h2-4,6-9,18-19,21,26,28-30,46-47H,5,10-17,20,38-40H2,1H3,(H2-,42,43,44,48,49,50)/p+1/t26-,28-,29-/m0/s1. The van der Waals surface area contributed by atoms with E-state index in [9.17, 15) is 37.8 Å². The monoisotopic (exact) mass is 705 g/mol. The number of aryl methyl sites for hydroxylation is 1. The van der Waals surface area contributed by atoms with Gasteiger partial charge in [0.2, 0.25) is 17.7 Å². The molecule has 274 valence electrons. The van der Waals surface area contributed by atoms with Crippen LogP contribution in [-0.2, 0) is 27.0 Å². The highest BCUT2D eigenvalue weighted by Crippen LogP contribution is 2.30. The summed E-state index contributed by atoms with van der Waals surface area (Å²) in [5.74, 6) is -2.20. The van der Waals surface area contributed by atoms with Gasteiger partial charge in [0.25, 0.3) is 0 Å². The molecular formula is C34H48F3N8O5+. The van der Waals surface area contributed by atoms with Gasteiger partial charge in [0.05, 0.1) is 55.7 Å². The van der Waals surface area contributed by atoms with Crippen LogP contribution in [0, 0.1) is 0 Å². The van der Waals surface area contributed by atoms with E-state index in [1.54, 1.807) is 12.1 Å². The Morgan fingerprint density at radius 3 is 2.20 bits per heavy atom. The average molecular weight is 706 g/mol. The molecule has 0 radical (unpaired) electrons. The van der Waals surface area contributed by atoms with Crippen LogP contribution >= 0.6 is 0 Å². The molecule has 3 rings (SSSR count). The third kappa shape index (κ3) is 12.6. The molecule has 0 aliphatic carbocycles. The number of carbonyl (C=O) groups excluding carboxylic acids is 3. The lowest BCUT2D eigenvalue weighted by atomic mass is 10.0. The number of rotatable bonds is 19. The molecule has 0 aliphatic rings. The normalized spacial score (nSPS) is 13.9. The first-order valence-electron chi connectivity index (χ1n) is 16.4. The Morgan fingerprint density at radius 1 is 0.880 bits per heavy atom. The lowest BCUT2D eigenvalue weighted by molar-refractivity contribution is -0.907. The summed E-state index contributed by atoms with van der Waals surface area (Å²) in [7, 11) is 1.97. The first-order valence-corrected chi connectivity index (χ1v) is 16.4. The lowest BCUT2D eigenvalue weighted by Crippen LogP contribution is -2.56. The first-order chi connectivity index (χ1) is 23.6. The summed E-state index contributed by atoms with van der Waals surface area (Å²) in [6, 6.07) is 9.85. The minimum absolute atomic E-state index is 0.00254. The van der Waals surface area contributed by atoms with Gasteiger partial charge in [-0.25, -0.2) is 0 Å². The molecule has 3 amide bonds. The topological polar surface area (TPSA) is 219 Å². The second-order valence-electron chi connectivity index (χ2n) is 12.6. The summed E-state index contributed by atoms with van der Waals surface area (Å²) in [6.45, 7) is 2.63. The number of quaternary nitrogens is 1. The largest absolute Gasteiger partial charge is 0.416 e. The molecule has 3 aromatic rings. The van der Waals surface area contributed by atoms with Gasteiger partial charge in [0, 0.05) is 24.9 Å². The van der Waals surface area contributed by atoms with Crippen LogP contribution in [-0.4, -0.2) is 102 Å². The molecule has 11 N–H and O–H groups in total. The summed E-state index contributed by atoms with van der Waals surface area (Å²) < 4.78 is 40.7. The fourth-order valence-corrected chi connectivity index (χ4v) is 5.64. The Hall–Kier alpha value is -4.19. The minimum atomic E-state index is -4.56. The van der Waals surface area contributed by atoms with Gasteiger partial charge in [0.15, 0.2) is 6.29 Å². The lowest BCUT2D eigenvalue weighted by Gasteiger charge is -2.34. The van der Waals surface area contributed by atoms with Crippen molar-refractivity contribution in [2.75, 3.05) is 45.1 Å². The number of carbonyl (C=O) groups is 3. The number of anilines is 1. The van der Waals surface area contributed by atoms with E-state index in [2.05, 4.69) is 20.9 Å². The molecule has 0 spiro atoms. The summed E-state index contributed by atoms with van der Waals surface area (Å²) in [5.41, 5.74) is 17.9. The third-order valence-electron chi connectivity index (χ3n) is 8.43. The maximum Gasteiger partial charge on any atom is 0.416 e. The summed E-state index contributed by atoms with van der Waals surface area (Å²) in [6.07, 6.45) is -5.00. The number of nitrogens with zero attached hydrogens (tertiary/aromatic N) is 2. The van der Waals surface area contributed by atoms with Gasteiger partial charge in [-0.3, -0.25) is 19.4 Å². The smallest absolute Gasteiger partial charge is 0.368 e. The predicted molar refractivity (Wildman–Crippen MR) is 183 cm³/mol. The Bertz CT molecular complexity index is 1570. The zero-order valence-electron chi connectivity index (χ0n) is 28.0. The number of likely N-dealkylation sites (N-methyl/N-ethyl adjacent to an activating group) is 1. The number of benzene rings is 2. The molecule has 0 bridgehead atoms. The number of aliphatic hydroxyl groups is 2. The SMILES string of the molecule is C[N+](CCN)(CCN)CCC[C@H](NC(=O)[C@@H](N)CC(O)O)C(=O)N[C@@H](CCc1cccc(C(F)(F)F)c1)C(=O)Nc1cnc2ccccc2c1. The zero-order valence-corrected chi connectivity index (χ0v) is 28.0. The van der Waals surface area contributed by atoms with Crippen LogP contribution in [0.2, 0.25) is 0 Å². The Morgan fingerprint density at radius 2 is 1.54 bits per heavy atom. The highest BCUT2D eigenvalue weighted by Gasteiger charge is 2.32. The molecule has 0 saturated heterocycles.